The highest BCUT2D eigenvalue weighted by atomic mass is 19.1. The van der Waals surface area contributed by atoms with Crippen molar-refractivity contribution in [1.29, 1.82) is 0 Å². The first-order valence-corrected chi connectivity index (χ1v) is 8.42. The molecule has 7 heteroatoms. The Morgan fingerprint density at radius 3 is 2.29 bits per heavy atom. The summed E-state index contributed by atoms with van der Waals surface area (Å²) in [6, 6.07) is 11.7. The van der Waals surface area contributed by atoms with Crippen molar-refractivity contribution >= 4 is 18.0 Å². The number of urea groups is 1. The fraction of sp³-hybridized carbons (Fsp3) is 0.0476. The van der Waals surface area contributed by atoms with Crippen molar-refractivity contribution in [2.24, 2.45) is 5.73 Å². The highest BCUT2D eigenvalue weighted by Gasteiger charge is 2.20. The van der Waals surface area contributed by atoms with E-state index >= 15 is 0 Å². The summed E-state index contributed by atoms with van der Waals surface area (Å²) < 4.78 is 27.2. The fourth-order valence-corrected chi connectivity index (χ4v) is 2.69. The van der Waals surface area contributed by atoms with Crippen LogP contribution in [0.4, 0.5) is 13.6 Å². The Labute approximate surface area is 160 Å². The third-order valence-electron chi connectivity index (χ3n) is 4.02. The molecule has 1 aliphatic carbocycles. The van der Waals surface area contributed by atoms with E-state index < -0.39 is 29.1 Å². The first-order valence-electron chi connectivity index (χ1n) is 8.42. The van der Waals surface area contributed by atoms with Crippen molar-refractivity contribution in [2.75, 3.05) is 0 Å². The van der Waals surface area contributed by atoms with E-state index in [1.807, 2.05) is 41.7 Å². The maximum atomic E-state index is 13.6. The number of carbonyl (C=O) groups excluding carboxylic acids is 2. The average Bonchev–Trinajstić information content (AvgIpc) is 2.64. The molecule has 3 amide bonds. The Bertz CT molecular complexity index is 991. The number of halogens is 2. The third kappa shape index (κ3) is 4.50. The molecule has 0 heterocycles. The van der Waals surface area contributed by atoms with E-state index in [0.29, 0.717) is 17.8 Å². The first kappa shape index (κ1) is 19.0. The van der Waals surface area contributed by atoms with Gasteiger partial charge in [-0.1, -0.05) is 48.6 Å². The van der Waals surface area contributed by atoms with E-state index in [0.717, 1.165) is 29.3 Å². The van der Waals surface area contributed by atoms with Crippen LogP contribution in [0.1, 0.15) is 22.3 Å². The number of benzene rings is 2. The number of hydrogen-bond donors (Lipinski definition) is 3. The van der Waals surface area contributed by atoms with Gasteiger partial charge >= 0.3 is 6.03 Å². The molecule has 1 aliphatic rings. The summed E-state index contributed by atoms with van der Waals surface area (Å²) in [7, 11) is 0. The number of allylic oxidation sites excluding steroid dienone is 3. The zero-order valence-corrected chi connectivity index (χ0v) is 14.7. The van der Waals surface area contributed by atoms with Crippen LogP contribution in [0.15, 0.2) is 77.7 Å². The van der Waals surface area contributed by atoms with Gasteiger partial charge in [-0.2, -0.15) is 0 Å². The SMILES string of the molecule is NC1=C(NC(=O)NC(=O)c2c(F)cccc2F)C=CC(=Cc2ccccc2)C1. The molecule has 0 atom stereocenters. The third-order valence-corrected chi connectivity index (χ3v) is 4.02. The molecule has 142 valence electrons. The molecule has 3 rings (SSSR count). The minimum Gasteiger partial charge on any atom is -0.400 e. The molecule has 0 aromatic heterocycles. The predicted octanol–water partition coefficient (Wildman–Crippen LogP) is 3.62. The molecule has 0 saturated heterocycles. The van der Waals surface area contributed by atoms with Crippen LogP contribution in [-0.2, 0) is 0 Å². The quantitative estimate of drug-likeness (QED) is 0.759. The second kappa shape index (κ2) is 8.30. The van der Waals surface area contributed by atoms with E-state index in [-0.39, 0.29) is 0 Å². The highest BCUT2D eigenvalue weighted by Crippen LogP contribution is 2.21. The monoisotopic (exact) mass is 381 g/mol. The van der Waals surface area contributed by atoms with Gasteiger partial charge in [-0.15, -0.1) is 0 Å². The summed E-state index contributed by atoms with van der Waals surface area (Å²) in [4.78, 5) is 24.0. The van der Waals surface area contributed by atoms with Crippen molar-refractivity contribution in [1.82, 2.24) is 10.6 Å². The molecule has 0 fully saturated rings. The van der Waals surface area contributed by atoms with Crippen molar-refractivity contribution in [3.8, 4) is 0 Å². The van der Waals surface area contributed by atoms with Crippen molar-refractivity contribution < 1.29 is 18.4 Å². The zero-order chi connectivity index (χ0) is 20.1. The molecule has 0 unspecified atom stereocenters. The summed E-state index contributed by atoms with van der Waals surface area (Å²) in [5, 5.41) is 4.31. The highest BCUT2D eigenvalue weighted by molar-refractivity contribution is 6.04. The molecular formula is C21H17F2N3O2. The Kier molecular flexibility index (Phi) is 5.64. The Hall–Kier alpha value is -3.74. The van der Waals surface area contributed by atoms with Crippen molar-refractivity contribution in [3.05, 3.63) is 100 Å². The zero-order valence-electron chi connectivity index (χ0n) is 14.7. The largest absolute Gasteiger partial charge is 0.400 e. The van der Waals surface area contributed by atoms with E-state index in [4.69, 9.17) is 5.73 Å². The van der Waals surface area contributed by atoms with Crippen molar-refractivity contribution in [3.63, 3.8) is 0 Å². The van der Waals surface area contributed by atoms with Crippen LogP contribution in [0.25, 0.3) is 6.08 Å². The summed E-state index contributed by atoms with van der Waals surface area (Å²) in [5.74, 6) is -3.30. The van der Waals surface area contributed by atoms with Gasteiger partial charge in [0.2, 0.25) is 0 Å². The van der Waals surface area contributed by atoms with E-state index in [2.05, 4.69) is 5.32 Å². The van der Waals surface area contributed by atoms with Gasteiger partial charge < -0.3 is 11.1 Å². The topological polar surface area (TPSA) is 84.2 Å². The first-order chi connectivity index (χ1) is 13.4. The van der Waals surface area contributed by atoms with Gasteiger partial charge in [-0.05, 0) is 29.3 Å². The van der Waals surface area contributed by atoms with Gasteiger partial charge in [0, 0.05) is 12.1 Å². The van der Waals surface area contributed by atoms with Gasteiger partial charge in [-0.25, -0.2) is 13.6 Å². The summed E-state index contributed by atoms with van der Waals surface area (Å²) in [5.41, 5.74) is 7.84. The molecule has 0 radical (unpaired) electrons. The number of imide groups is 1. The minimum atomic E-state index is -1.18. The molecule has 0 saturated carbocycles. The smallest absolute Gasteiger partial charge is 0.326 e. The van der Waals surface area contributed by atoms with Gasteiger partial charge in [0.15, 0.2) is 0 Å². The lowest BCUT2D eigenvalue weighted by atomic mass is 10.0. The van der Waals surface area contributed by atoms with E-state index in [9.17, 15) is 18.4 Å². The lowest BCUT2D eigenvalue weighted by Crippen LogP contribution is -2.40. The molecular weight excluding hydrogens is 364 g/mol. The second-order valence-electron chi connectivity index (χ2n) is 6.08. The number of hydrogen-bond acceptors (Lipinski definition) is 3. The van der Waals surface area contributed by atoms with Gasteiger partial charge in [0.25, 0.3) is 5.91 Å². The summed E-state index contributed by atoms with van der Waals surface area (Å²) >= 11 is 0. The molecule has 28 heavy (non-hydrogen) atoms. The van der Waals surface area contributed by atoms with Crippen LogP contribution in [0.3, 0.4) is 0 Å². The maximum Gasteiger partial charge on any atom is 0.326 e. The average molecular weight is 381 g/mol. The van der Waals surface area contributed by atoms with Gasteiger partial charge in [0.05, 0.1) is 5.70 Å². The summed E-state index contributed by atoms with van der Waals surface area (Å²) in [6.07, 6.45) is 5.75. The number of nitrogens with one attached hydrogen (secondary N) is 2. The Morgan fingerprint density at radius 2 is 1.64 bits per heavy atom. The molecule has 5 nitrogen and oxygen atoms in total. The summed E-state index contributed by atoms with van der Waals surface area (Å²) in [6.45, 7) is 0. The lowest BCUT2D eigenvalue weighted by molar-refractivity contribution is 0.0956. The molecule has 0 bridgehead atoms. The van der Waals surface area contributed by atoms with Crippen LogP contribution < -0.4 is 16.4 Å². The predicted molar refractivity (Wildman–Crippen MR) is 102 cm³/mol. The molecule has 4 N–H and O–H groups in total. The van der Waals surface area contributed by atoms with Gasteiger partial charge in [-0.3, -0.25) is 10.1 Å². The van der Waals surface area contributed by atoms with Crippen LogP contribution in [0.5, 0.6) is 0 Å². The number of nitrogens with two attached hydrogens (primary N) is 1. The number of amides is 3. The second-order valence-corrected chi connectivity index (χ2v) is 6.08. The van der Waals surface area contributed by atoms with E-state index in [1.54, 1.807) is 12.2 Å². The van der Waals surface area contributed by atoms with Crippen molar-refractivity contribution in [2.45, 2.75) is 6.42 Å². The van der Waals surface area contributed by atoms with Crippen LogP contribution >= 0.6 is 0 Å². The molecule has 0 spiro atoms. The Morgan fingerprint density at radius 1 is 0.964 bits per heavy atom. The van der Waals surface area contributed by atoms with Crippen LogP contribution in [0, 0.1) is 11.6 Å². The number of rotatable bonds is 3. The normalized spacial score (nSPS) is 14.9. The Balaban J connectivity index is 1.65. The van der Waals surface area contributed by atoms with E-state index in [1.165, 1.54) is 0 Å². The fourth-order valence-electron chi connectivity index (χ4n) is 2.69. The van der Waals surface area contributed by atoms with Crippen LogP contribution in [0.2, 0.25) is 0 Å². The number of carbonyl (C=O) groups is 2. The molecule has 0 aliphatic heterocycles. The van der Waals surface area contributed by atoms with Crippen LogP contribution in [-0.4, -0.2) is 11.9 Å². The maximum absolute atomic E-state index is 13.6. The molecule has 2 aromatic rings. The standard InChI is InChI=1S/C21H17F2N3O2/c22-15-7-4-8-16(23)19(15)20(27)26-21(28)25-18-10-9-14(12-17(18)24)11-13-5-2-1-3-6-13/h1-11H,12,24H2,(H2,25,26,27,28). The van der Waals surface area contributed by atoms with Gasteiger partial charge in [0.1, 0.15) is 17.2 Å². The minimum absolute atomic E-state index is 0.310. The lowest BCUT2D eigenvalue weighted by Gasteiger charge is -2.16. The molecule has 2 aromatic carbocycles.